The summed E-state index contributed by atoms with van der Waals surface area (Å²) in [7, 11) is 1.64. The molecule has 7 nitrogen and oxygen atoms in total. The first-order valence-electron chi connectivity index (χ1n) is 8.86. The summed E-state index contributed by atoms with van der Waals surface area (Å²) in [5, 5.41) is 9.73. The number of ether oxygens (including phenoxy) is 1. The molecule has 3 rings (SSSR count). The molecule has 0 saturated carbocycles. The van der Waals surface area contributed by atoms with Crippen LogP contribution in [0.1, 0.15) is 27.2 Å². The van der Waals surface area contributed by atoms with Gasteiger partial charge in [-0.2, -0.15) is 0 Å². The minimum Gasteiger partial charge on any atom is -0.385 e. The molecule has 8 heteroatoms. The number of ketones is 1. The molecule has 0 aliphatic carbocycles. The molecule has 2 heterocycles. The van der Waals surface area contributed by atoms with Crippen molar-refractivity contribution in [3.8, 4) is 0 Å². The van der Waals surface area contributed by atoms with Crippen LogP contribution < -0.4 is 5.56 Å². The van der Waals surface area contributed by atoms with Gasteiger partial charge in [0.05, 0.1) is 16.7 Å². The molecule has 0 spiro atoms. The van der Waals surface area contributed by atoms with Gasteiger partial charge in [-0.3, -0.25) is 18.6 Å². The van der Waals surface area contributed by atoms with Crippen molar-refractivity contribution in [1.29, 1.82) is 0 Å². The van der Waals surface area contributed by atoms with Crippen LogP contribution in [0.15, 0.2) is 34.2 Å². The molecule has 0 saturated heterocycles. The molecule has 0 radical (unpaired) electrons. The van der Waals surface area contributed by atoms with Gasteiger partial charge in [-0.25, -0.2) is 0 Å². The zero-order valence-corrected chi connectivity index (χ0v) is 16.9. The summed E-state index contributed by atoms with van der Waals surface area (Å²) in [4.78, 5) is 25.2. The largest absolute Gasteiger partial charge is 0.385 e. The van der Waals surface area contributed by atoms with E-state index in [1.54, 1.807) is 17.7 Å². The van der Waals surface area contributed by atoms with Crippen molar-refractivity contribution in [2.45, 2.75) is 38.9 Å². The maximum absolute atomic E-state index is 12.9. The summed E-state index contributed by atoms with van der Waals surface area (Å²) < 4.78 is 8.60. The number of fused-ring (bicyclic) bond motifs is 3. The predicted octanol–water partition coefficient (Wildman–Crippen LogP) is 2.79. The second-order valence-corrected chi connectivity index (χ2v) is 8.34. The number of hydrogen-bond donors (Lipinski definition) is 0. The average Bonchev–Trinajstić information content (AvgIpc) is 3.05. The zero-order chi connectivity index (χ0) is 19.6. The van der Waals surface area contributed by atoms with E-state index in [0.29, 0.717) is 41.6 Å². The Morgan fingerprint density at radius 1 is 1.22 bits per heavy atom. The number of carbonyl (C=O) groups excluding carboxylic acids is 1. The maximum Gasteiger partial charge on any atom is 0.262 e. The van der Waals surface area contributed by atoms with Gasteiger partial charge in [-0.05, 0) is 18.6 Å². The molecule has 0 fully saturated rings. The van der Waals surface area contributed by atoms with E-state index < -0.39 is 5.41 Å². The van der Waals surface area contributed by atoms with E-state index in [-0.39, 0.29) is 11.3 Å². The Kier molecular flexibility index (Phi) is 5.67. The molecule has 0 bridgehead atoms. The number of para-hydroxylation sites is 1. The Bertz CT molecular complexity index is 1030. The van der Waals surface area contributed by atoms with Crippen molar-refractivity contribution in [1.82, 2.24) is 19.2 Å². The fourth-order valence-corrected chi connectivity index (χ4v) is 3.84. The Labute approximate surface area is 161 Å². The topological polar surface area (TPSA) is 78.5 Å². The summed E-state index contributed by atoms with van der Waals surface area (Å²) in [6, 6.07) is 7.40. The standard InChI is InChI=1S/C19H24N4O3S/c1-19(2,3)15(24)12-27-18-21-20-17-22(10-7-11-26-4)16(25)13-8-5-6-9-14(13)23(17)18/h5-6,8-9H,7,10-12H2,1-4H3. The molecule has 1 aromatic carbocycles. The molecule has 144 valence electrons. The van der Waals surface area contributed by atoms with E-state index in [1.165, 1.54) is 11.8 Å². The van der Waals surface area contributed by atoms with E-state index in [1.807, 2.05) is 43.4 Å². The number of carbonyl (C=O) groups is 1. The first-order valence-corrected chi connectivity index (χ1v) is 9.85. The molecular weight excluding hydrogens is 364 g/mol. The Morgan fingerprint density at radius 3 is 2.67 bits per heavy atom. The molecule has 0 aliphatic heterocycles. The fraction of sp³-hybridized carbons (Fsp3) is 0.474. The highest BCUT2D eigenvalue weighted by molar-refractivity contribution is 7.99. The summed E-state index contributed by atoms with van der Waals surface area (Å²) in [6.07, 6.45) is 0.697. The van der Waals surface area contributed by atoms with Gasteiger partial charge >= 0.3 is 0 Å². The van der Waals surface area contributed by atoms with Gasteiger partial charge < -0.3 is 4.74 Å². The van der Waals surface area contributed by atoms with Crippen LogP contribution in [0, 0.1) is 5.41 Å². The van der Waals surface area contributed by atoms with Gasteiger partial charge in [0, 0.05) is 25.7 Å². The van der Waals surface area contributed by atoms with Gasteiger partial charge in [0.25, 0.3) is 5.56 Å². The smallest absolute Gasteiger partial charge is 0.262 e. The Morgan fingerprint density at radius 2 is 1.96 bits per heavy atom. The first kappa shape index (κ1) is 19.6. The molecule has 2 aromatic heterocycles. The van der Waals surface area contributed by atoms with Crippen LogP contribution in [-0.2, 0) is 16.1 Å². The third-order valence-electron chi connectivity index (χ3n) is 4.38. The first-order chi connectivity index (χ1) is 12.8. The lowest BCUT2D eigenvalue weighted by Crippen LogP contribution is -2.24. The van der Waals surface area contributed by atoms with Gasteiger partial charge in [0.1, 0.15) is 5.78 Å². The van der Waals surface area contributed by atoms with E-state index in [2.05, 4.69) is 10.2 Å². The maximum atomic E-state index is 12.9. The molecule has 0 unspecified atom stereocenters. The second-order valence-electron chi connectivity index (χ2n) is 7.40. The lowest BCUT2D eigenvalue weighted by molar-refractivity contribution is -0.123. The fourth-order valence-electron chi connectivity index (χ4n) is 2.74. The number of methoxy groups -OCH3 is 1. The quantitative estimate of drug-likeness (QED) is 0.457. The van der Waals surface area contributed by atoms with Crippen LogP contribution in [0.4, 0.5) is 0 Å². The van der Waals surface area contributed by atoms with Crippen molar-refractivity contribution in [3.63, 3.8) is 0 Å². The highest BCUT2D eigenvalue weighted by atomic mass is 32.2. The third-order valence-corrected chi connectivity index (χ3v) is 5.31. The SMILES string of the molecule is COCCCn1c(=O)c2ccccc2n2c(SCC(=O)C(C)(C)C)nnc12. The number of aryl methyl sites for hydroxylation is 1. The van der Waals surface area contributed by atoms with E-state index in [9.17, 15) is 9.59 Å². The second kappa shape index (κ2) is 7.82. The van der Waals surface area contributed by atoms with Crippen LogP contribution in [0.5, 0.6) is 0 Å². The molecule has 0 N–H and O–H groups in total. The summed E-state index contributed by atoms with van der Waals surface area (Å²) in [5.74, 6) is 0.934. The highest BCUT2D eigenvalue weighted by Gasteiger charge is 2.23. The number of Topliss-reactive ketones (excluding diaryl/α,β-unsaturated/α-hetero) is 1. The number of hydrogen-bond acceptors (Lipinski definition) is 6. The van der Waals surface area contributed by atoms with E-state index in [0.717, 1.165) is 5.52 Å². The van der Waals surface area contributed by atoms with Gasteiger partial charge in [-0.15, -0.1) is 10.2 Å². The van der Waals surface area contributed by atoms with Crippen molar-refractivity contribution in [3.05, 3.63) is 34.6 Å². The van der Waals surface area contributed by atoms with Gasteiger partial charge in [0.2, 0.25) is 5.78 Å². The number of rotatable bonds is 7. The molecule has 0 aliphatic rings. The number of aromatic nitrogens is 4. The average molecular weight is 388 g/mol. The van der Waals surface area contributed by atoms with Crippen LogP contribution in [0.25, 0.3) is 16.7 Å². The Hall–Kier alpha value is -2.19. The normalized spacial score (nSPS) is 12.1. The van der Waals surface area contributed by atoms with Gasteiger partial charge in [0.15, 0.2) is 5.16 Å². The minimum atomic E-state index is -0.405. The Balaban J connectivity index is 2.09. The molecule has 0 atom stereocenters. The van der Waals surface area contributed by atoms with E-state index in [4.69, 9.17) is 4.74 Å². The number of thioether (sulfide) groups is 1. The predicted molar refractivity (Wildman–Crippen MR) is 106 cm³/mol. The van der Waals surface area contributed by atoms with Crippen molar-refractivity contribution in [2.75, 3.05) is 19.5 Å². The molecule has 27 heavy (non-hydrogen) atoms. The molecular formula is C19H24N4O3S. The van der Waals surface area contributed by atoms with E-state index >= 15 is 0 Å². The highest BCUT2D eigenvalue weighted by Crippen LogP contribution is 2.25. The van der Waals surface area contributed by atoms with Crippen molar-refractivity contribution in [2.24, 2.45) is 5.41 Å². The van der Waals surface area contributed by atoms with Crippen LogP contribution in [0.2, 0.25) is 0 Å². The summed E-state index contributed by atoms with van der Waals surface area (Å²) >= 11 is 1.35. The number of benzene rings is 1. The molecule has 0 amide bonds. The monoisotopic (exact) mass is 388 g/mol. The third kappa shape index (κ3) is 3.91. The summed E-state index contributed by atoms with van der Waals surface area (Å²) in [6.45, 7) is 6.76. The number of nitrogens with zero attached hydrogens (tertiary/aromatic N) is 4. The summed E-state index contributed by atoms with van der Waals surface area (Å²) in [5.41, 5.74) is 0.248. The van der Waals surface area contributed by atoms with Crippen LogP contribution in [0.3, 0.4) is 0 Å². The molecule has 3 aromatic rings. The minimum absolute atomic E-state index is 0.0936. The lowest BCUT2D eigenvalue weighted by atomic mass is 9.92. The lowest BCUT2D eigenvalue weighted by Gasteiger charge is -2.15. The van der Waals surface area contributed by atoms with Crippen molar-refractivity contribution < 1.29 is 9.53 Å². The zero-order valence-electron chi connectivity index (χ0n) is 16.1. The van der Waals surface area contributed by atoms with Crippen LogP contribution >= 0.6 is 11.8 Å². The van der Waals surface area contributed by atoms with Gasteiger partial charge in [-0.1, -0.05) is 44.7 Å². The van der Waals surface area contributed by atoms with Crippen molar-refractivity contribution >= 4 is 34.2 Å². The van der Waals surface area contributed by atoms with Crippen LogP contribution in [-0.4, -0.2) is 44.4 Å².